The zero-order chi connectivity index (χ0) is 10.5. The average molecular weight is 270 g/mol. The van der Waals surface area contributed by atoms with Gasteiger partial charge in [0.05, 0.1) is 12.7 Å². The molecule has 1 saturated heterocycles. The summed E-state index contributed by atoms with van der Waals surface area (Å²) in [4.78, 5) is 0. The molecule has 1 N–H and O–H groups in total. The number of halogens is 1. The molecule has 1 unspecified atom stereocenters. The largest absolute Gasteiger partial charge is 0.376 e. The Morgan fingerprint density at radius 1 is 1.33 bits per heavy atom. The summed E-state index contributed by atoms with van der Waals surface area (Å²) >= 11 is 3.44. The average Bonchev–Trinajstić information content (AvgIpc) is 2.30. The number of morpholine rings is 1. The molecule has 2 nitrogen and oxygen atoms in total. The molecule has 3 heteroatoms. The van der Waals surface area contributed by atoms with Crippen LogP contribution in [0.15, 0.2) is 28.7 Å². The Kier molecular flexibility index (Phi) is 4.18. The maximum atomic E-state index is 5.65. The van der Waals surface area contributed by atoms with Crippen molar-refractivity contribution >= 4 is 15.9 Å². The van der Waals surface area contributed by atoms with E-state index in [9.17, 15) is 0 Å². The van der Waals surface area contributed by atoms with Crippen LogP contribution >= 0.6 is 15.9 Å². The first-order valence-electron chi connectivity index (χ1n) is 5.41. The summed E-state index contributed by atoms with van der Waals surface area (Å²) in [6, 6.07) is 8.52. The minimum atomic E-state index is 0.391. The molecular weight excluding hydrogens is 254 g/mol. The molecule has 1 aliphatic heterocycles. The van der Waals surface area contributed by atoms with Gasteiger partial charge in [0.2, 0.25) is 0 Å². The second-order valence-corrected chi connectivity index (χ2v) is 4.78. The van der Waals surface area contributed by atoms with Gasteiger partial charge in [0.15, 0.2) is 0 Å². The van der Waals surface area contributed by atoms with Gasteiger partial charge < -0.3 is 10.1 Å². The highest BCUT2D eigenvalue weighted by Crippen LogP contribution is 2.13. The van der Waals surface area contributed by atoms with Crippen molar-refractivity contribution in [3.8, 4) is 0 Å². The van der Waals surface area contributed by atoms with E-state index in [1.807, 2.05) is 0 Å². The summed E-state index contributed by atoms with van der Waals surface area (Å²) in [5, 5.41) is 3.35. The van der Waals surface area contributed by atoms with Gasteiger partial charge in [-0.25, -0.2) is 0 Å². The van der Waals surface area contributed by atoms with E-state index in [2.05, 4.69) is 45.5 Å². The Morgan fingerprint density at radius 2 is 2.13 bits per heavy atom. The van der Waals surface area contributed by atoms with Crippen LogP contribution in [-0.2, 0) is 11.2 Å². The van der Waals surface area contributed by atoms with Gasteiger partial charge in [-0.2, -0.15) is 0 Å². The summed E-state index contributed by atoms with van der Waals surface area (Å²) in [6.07, 6.45) is 2.59. The molecule has 0 saturated carbocycles. The van der Waals surface area contributed by atoms with Crippen molar-refractivity contribution in [3.63, 3.8) is 0 Å². The van der Waals surface area contributed by atoms with Crippen molar-refractivity contribution < 1.29 is 4.74 Å². The van der Waals surface area contributed by atoms with Crippen LogP contribution in [0.5, 0.6) is 0 Å². The number of hydrogen-bond acceptors (Lipinski definition) is 2. The monoisotopic (exact) mass is 269 g/mol. The van der Waals surface area contributed by atoms with Crippen molar-refractivity contribution in [2.45, 2.75) is 18.9 Å². The molecular formula is C12H16BrNO. The molecule has 0 bridgehead atoms. The SMILES string of the molecule is Brc1ccc(CCC2CNCCO2)cc1. The molecule has 0 aromatic heterocycles. The summed E-state index contributed by atoms with van der Waals surface area (Å²) < 4.78 is 6.79. The van der Waals surface area contributed by atoms with Crippen molar-refractivity contribution in [1.29, 1.82) is 0 Å². The zero-order valence-electron chi connectivity index (χ0n) is 8.71. The lowest BCUT2D eigenvalue weighted by molar-refractivity contribution is 0.0238. The second-order valence-electron chi connectivity index (χ2n) is 3.86. The van der Waals surface area contributed by atoms with Crippen LogP contribution in [0.4, 0.5) is 0 Å². The van der Waals surface area contributed by atoms with E-state index in [1.165, 1.54) is 5.56 Å². The molecule has 0 aliphatic carbocycles. The molecule has 1 fully saturated rings. The van der Waals surface area contributed by atoms with Gasteiger partial charge in [-0.1, -0.05) is 28.1 Å². The maximum absolute atomic E-state index is 5.65. The fourth-order valence-corrected chi connectivity index (χ4v) is 2.05. The molecule has 1 aromatic rings. The van der Waals surface area contributed by atoms with Gasteiger partial charge >= 0.3 is 0 Å². The Labute approximate surface area is 99.1 Å². The first-order chi connectivity index (χ1) is 7.34. The molecule has 0 amide bonds. The molecule has 1 atom stereocenters. The van der Waals surface area contributed by atoms with E-state index in [0.717, 1.165) is 37.0 Å². The third-order valence-corrected chi connectivity index (χ3v) is 3.20. The Bertz CT molecular complexity index is 293. The predicted molar refractivity (Wildman–Crippen MR) is 65.1 cm³/mol. The van der Waals surface area contributed by atoms with Gasteiger partial charge in [0, 0.05) is 17.6 Å². The Hall–Kier alpha value is -0.380. The van der Waals surface area contributed by atoms with Gasteiger partial charge in [-0.15, -0.1) is 0 Å². The van der Waals surface area contributed by atoms with Crippen LogP contribution < -0.4 is 5.32 Å². The number of benzene rings is 1. The van der Waals surface area contributed by atoms with Crippen LogP contribution in [0.2, 0.25) is 0 Å². The fraction of sp³-hybridized carbons (Fsp3) is 0.500. The molecule has 1 heterocycles. The first-order valence-corrected chi connectivity index (χ1v) is 6.20. The minimum absolute atomic E-state index is 0.391. The van der Waals surface area contributed by atoms with Crippen molar-refractivity contribution in [2.75, 3.05) is 19.7 Å². The zero-order valence-corrected chi connectivity index (χ0v) is 10.3. The van der Waals surface area contributed by atoms with Gasteiger partial charge in [-0.05, 0) is 30.5 Å². The Morgan fingerprint density at radius 3 is 2.80 bits per heavy atom. The van der Waals surface area contributed by atoms with Crippen LogP contribution in [0.25, 0.3) is 0 Å². The third-order valence-electron chi connectivity index (χ3n) is 2.67. The number of ether oxygens (including phenoxy) is 1. The summed E-state index contributed by atoms with van der Waals surface area (Å²) in [5.74, 6) is 0. The standard InChI is InChI=1S/C12H16BrNO/c13-11-4-1-10(2-5-11)3-6-12-9-14-7-8-15-12/h1-2,4-5,12,14H,3,6-9H2. The third kappa shape index (κ3) is 3.59. The van der Waals surface area contributed by atoms with E-state index in [1.54, 1.807) is 0 Å². The van der Waals surface area contributed by atoms with Crippen LogP contribution in [0, 0.1) is 0 Å². The molecule has 15 heavy (non-hydrogen) atoms. The van der Waals surface area contributed by atoms with Crippen molar-refractivity contribution in [2.24, 2.45) is 0 Å². The fourth-order valence-electron chi connectivity index (χ4n) is 1.78. The van der Waals surface area contributed by atoms with Crippen molar-refractivity contribution in [3.05, 3.63) is 34.3 Å². The quantitative estimate of drug-likeness (QED) is 0.910. The van der Waals surface area contributed by atoms with E-state index in [4.69, 9.17) is 4.74 Å². The molecule has 0 radical (unpaired) electrons. The van der Waals surface area contributed by atoms with Gasteiger partial charge in [-0.3, -0.25) is 0 Å². The number of aryl methyl sites for hydroxylation is 1. The molecule has 1 aromatic carbocycles. The maximum Gasteiger partial charge on any atom is 0.0703 e. The normalized spacial score (nSPS) is 21.5. The lowest BCUT2D eigenvalue weighted by atomic mass is 10.1. The minimum Gasteiger partial charge on any atom is -0.376 e. The van der Waals surface area contributed by atoms with E-state index < -0.39 is 0 Å². The topological polar surface area (TPSA) is 21.3 Å². The highest BCUT2D eigenvalue weighted by molar-refractivity contribution is 9.10. The van der Waals surface area contributed by atoms with E-state index in [0.29, 0.717) is 6.10 Å². The summed E-state index contributed by atoms with van der Waals surface area (Å²) in [5.41, 5.74) is 1.38. The highest BCUT2D eigenvalue weighted by atomic mass is 79.9. The molecule has 2 rings (SSSR count). The smallest absolute Gasteiger partial charge is 0.0703 e. The number of rotatable bonds is 3. The number of nitrogens with one attached hydrogen (secondary N) is 1. The molecule has 0 spiro atoms. The predicted octanol–water partition coefficient (Wildman–Crippen LogP) is 2.37. The second kappa shape index (κ2) is 5.64. The van der Waals surface area contributed by atoms with Crippen LogP contribution in [0.1, 0.15) is 12.0 Å². The molecule has 82 valence electrons. The van der Waals surface area contributed by atoms with Crippen LogP contribution in [-0.4, -0.2) is 25.8 Å². The first kappa shape index (κ1) is 11.1. The lowest BCUT2D eigenvalue weighted by Crippen LogP contribution is -2.38. The number of hydrogen-bond donors (Lipinski definition) is 1. The van der Waals surface area contributed by atoms with E-state index in [-0.39, 0.29) is 0 Å². The van der Waals surface area contributed by atoms with E-state index >= 15 is 0 Å². The summed E-state index contributed by atoms with van der Waals surface area (Å²) in [7, 11) is 0. The Balaban J connectivity index is 1.79. The highest BCUT2D eigenvalue weighted by Gasteiger charge is 2.12. The van der Waals surface area contributed by atoms with Crippen molar-refractivity contribution in [1.82, 2.24) is 5.32 Å². The van der Waals surface area contributed by atoms with Gasteiger partial charge in [0.25, 0.3) is 0 Å². The summed E-state index contributed by atoms with van der Waals surface area (Å²) in [6.45, 7) is 2.84. The van der Waals surface area contributed by atoms with Crippen LogP contribution in [0.3, 0.4) is 0 Å². The molecule has 1 aliphatic rings. The lowest BCUT2D eigenvalue weighted by Gasteiger charge is -2.23. The van der Waals surface area contributed by atoms with Gasteiger partial charge in [0.1, 0.15) is 0 Å².